The number of benzene rings is 1. The molecular formula is C20H24ClN5OS. The average molecular weight is 418 g/mol. The highest BCUT2D eigenvalue weighted by molar-refractivity contribution is 7.14. The zero-order valence-corrected chi connectivity index (χ0v) is 17.6. The Morgan fingerprint density at radius 2 is 2.07 bits per heavy atom. The van der Waals surface area contributed by atoms with Crippen LogP contribution < -0.4 is 10.6 Å². The number of carbonyl (C=O) groups is 1. The van der Waals surface area contributed by atoms with Gasteiger partial charge in [0.2, 0.25) is 0 Å². The fourth-order valence-corrected chi connectivity index (χ4v) is 4.40. The van der Waals surface area contributed by atoms with E-state index in [-0.39, 0.29) is 18.3 Å². The molecule has 1 aliphatic heterocycles. The number of anilines is 1. The van der Waals surface area contributed by atoms with Crippen molar-refractivity contribution >= 4 is 34.8 Å². The van der Waals surface area contributed by atoms with Gasteiger partial charge in [-0.05, 0) is 51.4 Å². The molecule has 4 rings (SSSR count). The van der Waals surface area contributed by atoms with E-state index in [2.05, 4.69) is 52.8 Å². The fraction of sp³-hybridized carbons (Fsp3) is 0.350. The van der Waals surface area contributed by atoms with Crippen LogP contribution in [0.3, 0.4) is 0 Å². The number of rotatable bonds is 4. The van der Waals surface area contributed by atoms with Gasteiger partial charge in [-0.15, -0.1) is 23.7 Å². The number of aryl methyl sites for hydroxylation is 2. The van der Waals surface area contributed by atoms with E-state index >= 15 is 0 Å². The summed E-state index contributed by atoms with van der Waals surface area (Å²) < 4.78 is 1.79. The molecule has 0 spiro atoms. The largest absolute Gasteiger partial charge is 0.317 e. The minimum Gasteiger partial charge on any atom is -0.317 e. The molecule has 2 N–H and O–H groups in total. The van der Waals surface area contributed by atoms with Gasteiger partial charge in [0.1, 0.15) is 5.54 Å². The Hall–Kier alpha value is -2.22. The molecular weight excluding hydrogens is 394 g/mol. The third-order valence-corrected chi connectivity index (χ3v) is 5.94. The quantitative estimate of drug-likeness (QED) is 0.677. The van der Waals surface area contributed by atoms with Crippen molar-refractivity contribution in [2.75, 3.05) is 18.4 Å². The van der Waals surface area contributed by atoms with Crippen molar-refractivity contribution in [1.82, 2.24) is 20.1 Å². The van der Waals surface area contributed by atoms with Crippen LogP contribution in [0.4, 0.5) is 5.13 Å². The van der Waals surface area contributed by atoms with Gasteiger partial charge >= 0.3 is 0 Å². The third-order valence-electron chi connectivity index (χ3n) is 5.18. The first-order valence-electron chi connectivity index (χ1n) is 9.14. The number of hydrogen-bond donors (Lipinski definition) is 2. The van der Waals surface area contributed by atoms with E-state index in [1.807, 2.05) is 17.6 Å². The molecule has 6 nitrogen and oxygen atoms in total. The minimum absolute atomic E-state index is 0. The first-order chi connectivity index (χ1) is 13.1. The molecule has 3 aromatic rings. The standard InChI is InChI=1S/C20H23N5OS.ClH/c1-14-4-5-16(15(2)12-14)17-13-27-19(23-17)24-18(26)20(6-9-21-10-7-20)25-11-3-8-22-25;/h3-5,8,11-13,21H,6-7,9-10H2,1-2H3,(H,23,24,26);1H. The number of hydrogen-bond acceptors (Lipinski definition) is 5. The number of carbonyl (C=O) groups excluding carboxylic acids is 1. The van der Waals surface area contributed by atoms with Gasteiger partial charge in [0.25, 0.3) is 5.91 Å². The summed E-state index contributed by atoms with van der Waals surface area (Å²) in [7, 11) is 0. The van der Waals surface area contributed by atoms with Gasteiger partial charge in [0, 0.05) is 23.3 Å². The number of aromatic nitrogens is 3. The summed E-state index contributed by atoms with van der Waals surface area (Å²) in [5.74, 6) is -0.0470. The molecule has 28 heavy (non-hydrogen) atoms. The van der Waals surface area contributed by atoms with Gasteiger partial charge < -0.3 is 5.32 Å². The predicted octanol–water partition coefficient (Wildman–Crippen LogP) is 3.76. The highest BCUT2D eigenvalue weighted by Crippen LogP contribution is 2.31. The van der Waals surface area contributed by atoms with E-state index < -0.39 is 5.54 Å². The van der Waals surface area contributed by atoms with E-state index in [9.17, 15) is 4.79 Å². The molecule has 0 bridgehead atoms. The molecule has 1 amide bonds. The van der Waals surface area contributed by atoms with Gasteiger partial charge in [-0.2, -0.15) is 5.10 Å². The highest BCUT2D eigenvalue weighted by Gasteiger charge is 2.42. The number of halogens is 1. The summed E-state index contributed by atoms with van der Waals surface area (Å²) in [5.41, 5.74) is 3.74. The molecule has 0 aliphatic carbocycles. The normalized spacial score (nSPS) is 15.6. The second kappa shape index (κ2) is 8.43. The molecule has 0 unspecified atom stereocenters. The molecule has 148 valence electrons. The van der Waals surface area contributed by atoms with E-state index in [4.69, 9.17) is 0 Å². The molecule has 1 aromatic carbocycles. The van der Waals surface area contributed by atoms with E-state index in [0.29, 0.717) is 18.0 Å². The molecule has 8 heteroatoms. The van der Waals surface area contributed by atoms with Crippen LogP contribution in [0.25, 0.3) is 11.3 Å². The van der Waals surface area contributed by atoms with E-state index in [1.54, 1.807) is 10.9 Å². The summed E-state index contributed by atoms with van der Waals surface area (Å²) in [6.07, 6.45) is 5.00. The molecule has 0 saturated carbocycles. The lowest BCUT2D eigenvalue weighted by Crippen LogP contribution is -2.52. The molecule has 3 heterocycles. The first kappa shape index (κ1) is 20.5. The van der Waals surface area contributed by atoms with Crippen LogP contribution in [0.5, 0.6) is 0 Å². The molecule has 2 aromatic heterocycles. The fourth-order valence-electron chi connectivity index (χ4n) is 3.69. The van der Waals surface area contributed by atoms with Gasteiger partial charge in [0.05, 0.1) is 5.69 Å². The minimum atomic E-state index is -0.666. The van der Waals surface area contributed by atoms with E-state index in [1.165, 1.54) is 22.5 Å². The van der Waals surface area contributed by atoms with Crippen LogP contribution in [0, 0.1) is 13.8 Å². The zero-order valence-electron chi connectivity index (χ0n) is 15.9. The molecule has 1 aliphatic rings. The lowest BCUT2D eigenvalue weighted by atomic mass is 9.87. The number of piperidine rings is 1. The second-order valence-corrected chi connectivity index (χ2v) is 7.90. The third kappa shape index (κ3) is 3.83. The Morgan fingerprint density at radius 1 is 1.29 bits per heavy atom. The maximum absolute atomic E-state index is 13.2. The molecule has 1 fully saturated rings. The second-order valence-electron chi connectivity index (χ2n) is 7.04. The zero-order chi connectivity index (χ0) is 18.9. The monoisotopic (exact) mass is 417 g/mol. The van der Waals surface area contributed by atoms with Gasteiger partial charge in [-0.3, -0.25) is 14.8 Å². The number of nitrogens with zero attached hydrogens (tertiary/aromatic N) is 3. The van der Waals surface area contributed by atoms with Crippen LogP contribution in [0.15, 0.2) is 42.0 Å². The molecule has 0 atom stereocenters. The van der Waals surface area contributed by atoms with Crippen LogP contribution in [-0.4, -0.2) is 33.8 Å². The first-order valence-corrected chi connectivity index (χ1v) is 10.0. The van der Waals surface area contributed by atoms with Crippen molar-refractivity contribution in [2.45, 2.75) is 32.2 Å². The maximum atomic E-state index is 13.2. The van der Waals surface area contributed by atoms with Crippen LogP contribution in [0.2, 0.25) is 0 Å². The molecule has 1 saturated heterocycles. The number of amides is 1. The Labute approximate surface area is 174 Å². The smallest absolute Gasteiger partial charge is 0.254 e. The average Bonchev–Trinajstić information content (AvgIpc) is 3.34. The number of nitrogens with one attached hydrogen (secondary N) is 2. The van der Waals surface area contributed by atoms with E-state index in [0.717, 1.165) is 24.3 Å². The van der Waals surface area contributed by atoms with Crippen molar-refractivity contribution in [3.63, 3.8) is 0 Å². The lowest BCUT2D eigenvalue weighted by molar-refractivity contribution is -0.126. The number of thiazole rings is 1. The van der Waals surface area contributed by atoms with Crippen LogP contribution in [-0.2, 0) is 10.3 Å². The van der Waals surface area contributed by atoms with Crippen molar-refractivity contribution in [3.8, 4) is 11.3 Å². The Bertz CT molecular complexity index is 947. The van der Waals surface area contributed by atoms with Gasteiger partial charge in [0.15, 0.2) is 5.13 Å². The Balaban J connectivity index is 0.00000225. The van der Waals surface area contributed by atoms with Crippen molar-refractivity contribution in [2.24, 2.45) is 0 Å². The van der Waals surface area contributed by atoms with Crippen molar-refractivity contribution < 1.29 is 4.79 Å². The topological polar surface area (TPSA) is 71.8 Å². The summed E-state index contributed by atoms with van der Waals surface area (Å²) in [6, 6.07) is 8.18. The van der Waals surface area contributed by atoms with Gasteiger partial charge in [-0.1, -0.05) is 23.8 Å². The summed E-state index contributed by atoms with van der Waals surface area (Å²) >= 11 is 1.46. The van der Waals surface area contributed by atoms with Gasteiger partial charge in [-0.25, -0.2) is 4.98 Å². The lowest BCUT2D eigenvalue weighted by Gasteiger charge is -2.36. The highest BCUT2D eigenvalue weighted by atomic mass is 35.5. The van der Waals surface area contributed by atoms with Crippen molar-refractivity contribution in [1.29, 1.82) is 0 Å². The van der Waals surface area contributed by atoms with Crippen LogP contribution >= 0.6 is 23.7 Å². The predicted molar refractivity (Wildman–Crippen MR) is 115 cm³/mol. The summed E-state index contributed by atoms with van der Waals surface area (Å²) in [6.45, 7) is 5.75. The van der Waals surface area contributed by atoms with Crippen molar-refractivity contribution in [3.05, 3.63) is 53.2 Å². The summed E-state index contributed by atoms with van der Waals surface area (Å²) in [5, 5.41) is 13.3. The Kier molecular flexibility index (Phi) is 6.17. The summed E-state index contributed by atoms with van der Waals surface area (Å²) in [4.78, 5) is 17.9. The van der Waals surface area contributed by atoms with Crippen LogP contribution in [0.1, 0.15) is 24.0 Å². The maximum Gasteiger partial charge on any atom is 0.254 e. The molecule has 0 radical (unpaired) electrons. The Morgan fingerprint density at radius 3 is 2.75 bits per heavy atom. The SMILES string of the molecule is Cc1ccc(-c2csc(NC(=O)C3(n4cccn4)CCNCC3)n2)c(C)c1.Cl.